The third-order valence-corrected chi connectivity index (χ3v) is 11.7. The van der Waals surface area contributed by atoms with Gasteiger partial charge in [-0.25, -0.2) is 0 Å². The SMILES string of the molecule is CCN1C=C/C(=C\C2=C(O)C(=C\c3cc[n+](CC)c4ccc(OC(=O)C(CC)(CC)CC)cc34)/C2=O)c2cc(OC(=O)C(CC)(CC)CC)ccc21. The van der Waals surface area contributed by atoms with E-state index in [0.717, 1.165) is 46.4 Å². The van der Waals surface area contributed by atoms with Crippen molar-refractivity contribution in [2.24, 2.45) is 10.8 Å². The van der Waals surface area contributed by atoms with Gasteiger partial charge in [0.15, 0.2) is 6.20 Å². The average Bonchev–Trinajstić information content (AvgIpc) is 3.17. The first-order chi connectivity index (χ1) is 25.0. The molecule has 274 valence electrons. The quantitative estimate of drug-likeness (QED) is 0.0772. The summed E-state index contributed by atoms with van der Waals surface area (Å²) in [6.07, 6.45) is 13.3. The number of benzene rings is 2. The fourth-order valence-electron chi connectivity index (χ4n) is 7.42. The molecule has 1 N–H and O–H groups in total. The molecular formula is C44H53N2O6+. The molecule has 1 aromatic heterocycles. The molecule has 1 aliphatic carbocycles. The molecule has 8 nitrogen and oxygen atoms in total. The molecule has 2 heterocycles. The fourth-order valence-corrected chi connectivity index (χ4v) is 7.42. The van der Waals surface area contributed by atoms with Crippen LogP contribution in [0.4, 0.5) is 5.69 Å². The van der Waals surface area contributed by atoms with Gasteiger partial charge >= 0.3 is 11.9 Å². The Morgan fingerprint density at radius 2 is 1.37 bits per heavy atom. The van der Waals surface area contributed by atoms with Gasteiger partial charge in [-0.2, -0.15) is 4.57 Å². The minimum Gasteiger partial charge on any atom is -0.506 e. The summed E-state index contributed by atoms with van der Waals surface area (Å²) in [5.41, 5.74) is 3.41. The number of anilines is 1. The largest absolute Gasteiger partial charge is 0.506 e. The summed E-state index contributed by atoms with van der Waals surface area (Å²) in [4.78, 5) is 42.3. The molecule has 0 atom stereocenters. The number of allylic oxidation sites excluding steroid dienone is 5. The number of Topliss-reactive ketones (excluding diaryl/α,β-unsaturated/α-hetero) is 1. The number of nitrogens with zero attached hydrogens (tertiary/aromatic N) is 2. The minimum absolute atomic E-state index is 0.0897. The van der Waals surface area contributed by atoms with E-state index in [9.17, 15) is 19.5 Å². The number of hydrogen-bond acceptors (Lipinski definition) is 7. The molecule has 0 fully saturated rings. The molecule has 0 saturated carbocycles. The van der Waals surface area contributed by atoms with E-state index in [4.69, 9.17) is 9.47 Å². The number of aliphatic hydroxyl groups excluding tert-OH is 1. The van der Waals surface area contributed by atoms with Crippen LogP contribution < -0.4 is 18.9 Å². The summed E-state index contributed by atoms with van der Waals surface area (Å²) >= 11 is 0. The van der Waals surface area contributed by atoms with Crippen LogP contribution in [0.3, 0.4) is 0 Å². The van der Waals surface area contributed by atoms with Crippen LogP contribution in [-0.2, 0) is 20.9 Å². The molecule has 8 heteroatoms. The van der Waals surface area contributed by atoms with Crippen molar-refractivity contribution in [3.8, 4) is 11.5 Å². The van der Waals surface area contributed by atoms with Crippen LogP contribution in [0.5, 0.6) is 11.5 Å². The number of carbonyl (C=O) groups is 3. The molecule has 0 radical (unpaired) electrons. The second-order valence-corrected chi connectivity index (χ2v) is 13.7. The van der Waals surface area contributed by atoms with Crippen LogP contribution in [-0.4, -0.2) is 29.4 Å². The van der Waals surface area contributed by atoms with E-state index in [0.29, 0.717) is 50.0 Å². The van der Waals surface area contributed by atoms with Gasteiger partial charge < -0.3 is 19.5 Å². The van der Waals surface area contributed by atoms with Crippen LogP contribution in [0, 0.1) is 10.8 Å². The third-order valence-electron chi connectivity index (χ3n) is 11.7. The Morgan fingerprint density at radius 1 is 0.788 bits per heavy atom. The van der Waals surface area contributed by atoms with Gasteiger partial charge in [0.25, 0.3) is 0 Å². The molecule has 2 aliphatic rings. The van der Waals surface area contributed by atoms with Gasteiger partial charge in [-0.05, 0) is 112 Å². The van der Waals surface area contributed by atoms with Gasteiger partial charge in [0.1, 0.15) is 23.8 Å². The van der Waals surface area contributed by atoms with Crippen LogP contribution in [0.1, 0.15) is 105 Å². The highest BCUT2D eigenvalue weighted by atomic mass is 16.5. The molecule has 52 heavy (non-hydrogen) atoms. The second-order valence-electron chi connectivity index (χ2n) is 13.7. The summed E-state index contributed by atoms with van der Waals surface area (Å²) in [7, 11) is 0. The number of hydrogen-bond donors (Lipinski definition) is 1. The number of rotatable bonds is 14. The van der Waals surface area contributed by atoms with Crippen molar-refractivity contribution >= 4 is 46.0 Å². The van der Waals surface area contributed by atoms with Crippen LogP contribution in [0.2, 0.25) is 0 Å². The van der Waals surface area contributed by atoms with Crippen LogP contribution in [0.25, 0.3) is 22.6 Å². The molecule has 0 bridgehead atoms. The van der Waals surface area contributed by atoms with Gasteiger partial charge in [-0.1, -0.05) is 41.5 Å². The smallest absolute Gasteiger partial charge is 0.317 e. The summed E-state index contributed by atoms with van der Waals surface area (Å²) in [6.45, 7) is 17.6. The monoisotopic (exact) mass is 705 g/mol. The van der Waals surface area contributed by atoms with Gasteiger partial charge in [-0.15, -0.1) is 0 Å². The van der Waals surface area contributed by atoms with Crippen LogP contribution >= 0.6 is 0 Å². The maximum absolute atomic E-state index is 13.7. The predicted octanol–water partition coefficient (Wildman–Crippen LogP) is 9.61. The number of ether oxygens (including phenoxy) is 2. The molecule has 0 spiro atoms. The molecular weight excluding hydrogens is 652 g/mol. The minimum atomic E-state index is -0.542. The topological polar surface area (TPSA) is 97.0 Å². The van der Waals surface area contributed by atoms with Gasteiger partial charge in [0.2, 0.25) is 11.3 Å². The molecule has 5 rings (SSSR count). The molecule has 2 aromatic carbocycles. The Morgan fingerprint density at radius 3 is 1.90 bits per heavy atom. The third kappa shape index (κ3) is 6.83. The van der Waals surface area contributed by atoms with Crippen molar-refractivity contribution in [1.82, 2.24) is 0 Å². The highest BCUT2D eigenvalue weighted by molar-refractivity contribution is 6.24. The van der Waals surface area contributed by atoms with Crippen molar-refractivity contribution < 1.29 is 33.5 Å². The van der Waals surface area contributed by atoms with Crippen molar-refractivity contribution in [3.05, 3.63) is 95.0 Å². The lowest BCUT2D eigenvalue weighted by atomic mass is 9.80. The van der Waals surface area contributed by atoms with Crippen molar-refractivity contribution in [2.75, 3.05) is 11.4 Å². The summed E-state index contributed by atoms with van der Waals surface area (Å²) in [5.74, 6) is 0.0261. The number of aliphatic hydroxyl groups is 1. The predicted molar refractivity (Wildman–Crippen MR) is 207 cm³/mol. The fraction of sp³-hybridized carbons (Fsp3) is 0.409. The highest BCUT2D eigenvalue weighted by Gasteiger charge is 2.37. The van der Waals surface area contributed by atoms with E-state index in [2.05, 4.69) is 9.47 Å². The lowest BCUT2D eigenvalue weighted by Crippen LogP contribution is -2.34. The van der Waals surface area contributed by atoms with Gasteiger partial charge in [0, 0.05) is 36.1 Å². The number of ketones is 1. The van der Waals surface area contributed by atoms with Crippen molar-refractivity contribution in [1.29, 1.82) is 0 Å². The first-order valence-corrected chi connectivity index (χ1v) is 18.9. The Bertz CT molecular complexity index is 1990. The van der Waals surface area contributed by atoms with Gasteiger partial charge in [-0.3, -0.25) is 14.4 Å². The van der Waals surface area contributed by atoms with E-state index in [1.54, 1.807) is 24.3 Å². The maximum Gasteiger partial charge on any atom is 0.317 e. The Kier molecular flexibility index (Phi) is 11.6. The van der Waals surface area contributed by atoms with E-state index >= 15 is 0 Å². The normalized spacial score (nSPS) is 16.1. The molecule has 0 unspecified atom stereocenters. The van der Waals surface area contributed by atoms with Crippen molar-refractivity contribution in [3.63, 3.8) is 0 Å². The zero-order valence-corrected chi connectivity index (χ0v) is 32.0. The maximum atomic E-state index is 13.7. The van der Waals surface area contributed by atoms with Crippen molar-refractivity contribution in [2.45, 2.75) is 100 Å². The number of aromatic nitrogens is 1. The van der Waals surface area contributed by atoms with E-state index in [1.807, 2.05) is 104 Å². The van der Waals surface area contributed by atoms with E-state index in [-0.39, 0.29) is 34.6 Å². The number of esters is 2. The first-order valence-electron chi connectivity index (χ1n) is 18.9. The Balaban J connectivity index is 1.51. The van der Waals surface area contributed by atoms with E-state index < -0.39 is 10.8 Å². The Labute approximate surface area is 308 Å². The van der Waals surface area contributed by atoms with Gasteiger partial charge in [0.05, 0.1) is 27.4 Å². The second kappa shape index (κ2) is 15.7. The highest BCUT2D eigenvalue weighted by Crippen LogP contribution is 2.41. The number of pyridine rings is 1. The summed E-state index contributed by atoms with van der Waals surface area (Å²) in [6, 6.07) is 13.0. The number of aryl methyl sites for hydroxylation is 1. The van der Waals surface area contributed by atoms with E-state index in [1.165, 1.54) is 0 Å². The lowest BCUT2D eigenvalue weighted by Gasteiger charge is -2.29. The zero-order chi connectivity index (χ0) is 37.8. The standard InChI is InChI=1S/C44H52N2O6/c1-9-43(10-2,11-3)41(49)51-31-17-19-37-33(27-31)29(21-23-45(37)15-7)25-35-39(47)36(40(35)48)26-30-22-24-46(16-8)38-20-18-32(28-34(30)38)52-42(50)44(12-4,13-5)14-6/h17-28H,9-16H2,1-8H3/p+1. The number of carbonyl (C=O) groups excluding carboxylic acids is 3. The Hall–Kier alpha value is -4.98. The van der Waals surface area contributed by atoms with Crippen LogP contribution in [0.15, 0.2) is 83.9 Å². The average molecular weight is 706 g/mol. The first kappa shape index (κ1) is 38.3. The summed E-state index contributed by atoms with van der Waals surface area (Å²) < 4.78 is 14.0. The molecule has 0 saturated heterocycles. The molecule has 1 aliphatic heterocycles. The lowest BCUT2D eigenvalue weighted by molar-refractivity contribution is -0.667. The summed E-state index contributed by atoms with van der Waals surface area (Å²) in [5, 5.41) is 12.1. The molecule has 3 aromatic rings. The zero-order valence-electron chi connectivity index (χ0n) is 32.0. The molecule has 0 amide bonds. The number of fused-ring (bicyclic) bond motifs is 2.